The molecule has 0 saturated carbocycles. The number of carboxylic acids is 1. The summed E-state index contributed by atoms with van der Waals surface area (Å²) in [4.78, 5) is 26.6. The molecule has 2 N–H and O–H groups in total. The molecular formula is C11H9N3O3. The lowest BCUT2D eigenvalue weighted by molar-refractivity contribution is -0.139. The topological polar surface area (TPSA) is 84.2 Å². The number of imidazole rings is 1. The van der Waals surface area contributed by atoms with Crippen LogP contribution in [0.3, 0.4) is 0 Å². The standard InChI is InChI=1S/C11H9N3O3/c15-9(16)5-8-10(17)13-11-12-6-3-1-2-4-7(6)14(8)11/h1-4,8H,5H2,(H,15,16)(H,12,13,17). The number of aliphatic carboxylic acids is 1. The Balaban J connectivity index is 2.17. The molecule has 1 amide bonds. The fraction of sp³-hybridized carbons (Fsp3) is 0.182. The van der Waals surface area contributed by atoms with Crippen LogP contribution in [0.5, 0.6) is 0 Å². The third-order valence-corrected chi connectivity index (χ3v) is 2.81. The van der Waals surface area contributed by atoms with Crippen LogP contribution in [-0.4, -0.2) is 26.5 Å². The van der Waals surface area contributed by atoms with Crippen molar-refractivity contribution >= 4 is 28.9 Å². The summed E-state index contributed by atoms with van der Waals surface area (Å²) in [6.45, 7) is 0. The fourth-order valence-electron chi connectivity index (χ4n) is 2.11. The van der Waals surface area contributed by atoms with E-state index in [4.69, 9.17) is 5.11 Å². The van der Waals surface area contributed by atoms with Gasteiger partial charge in [0.15, 0.2) is 0 Å². The smallest absolute Gasteiger partial charge is 0.306 e. The van der Waals surface area contributed by atoms with Gasteiger partial charge in [-0.3, -0.25) is 19.5 Å². The number of carboxylic acid groups (broad SMARTS) is 1. The van der Waals surface area contributed by atoms with Crippen LogP contribution in [0.25, 0.3) is 11.0 Å². The van der Waals surface area contributed by atoms with Crippen molar-refractivity contribution in [1.82, 2.24) is 9.55 Å². The van der Waals surface area contributed by atoms with Gasteiger partial charge in [-0.1, -0.05) is 12.1 Å². The van der Waals surface area contributed by atoms with E-state index in [2.05, 4.69) is 10.3 Å². The minimum atomic E-state index is -1.00. The number of nitrogens with one attached hydrogen (secondary N) is 1. The van der Waals surface area contributed by atoms with E-state index in [-0.39, 0.29) is 12.3 Å². The molecule has 3 rings (SSSR count). The van der Waals surface area contributed by atoms with Crippen LogP contribution in [0.2, 0.25) is 0 Å². The number of amides is 1. The molecule has 0 spiro atoms. The molecule has 0 fully saturated rings. The average Bonchev–Trinajstić information content (AvgIpc) is 2.75. The lowest BCUT2D eigenvalue weighted by atomic mass is 10.2. The van der Waals surface area contributed by atoms with Crippen LogP contribution in [-0.2, 0) is 9.59 Å². The number of anilines is 1. The molecule has 1 atom stereocenters. The zero-order valence-corrected chi connectivity index (χ0v) is 8.75. The quantitative estimate of drug-likeness (QED) is 0.807. The number of para-hydroxylation sites is 2. The summed E-state index contributed by atoms with van der Waals surface area (Å²) >= 11 is 0. The third-order valence-electron chi connectivity index (χ3n) is 2.81. The maximum absolute atomic E-state index is 11.6. The summed E-state index contributed by atoms with van der Waals surface area (Å²) in [5.74, 6) is -0.904. The Morgan fingerprint density at radius 3 is 3.00 bits per heavy atom. The van der Waals surface area contributed by atoms with Gasteiger partial charge in [-0.2, -0.15) is 0 Å². The van der Waals surface area contributed by atoms with Crippen LogP contribution in [0, 0.1) is 0 Å². The van der Waals surface area contributed by atoms with Gasteiger partial charge in [0, 0.05) is 0 Å². The second-order valence-corrected chi connectivity index (χ2v) is 3.90. The summed E-state index contributed by atoms with van der Waals surface area (Å²) in [5, 5.41) is 11.4. The molecule has 86 valence electrons. The Bertz CT molecular complexity index is 632. The zero-order valence-electron chi connectivity index (χ0n) is 8.75. The molecule has 1 aromatic carbocycles. The van der Waals surface area contributed by atoms with Gasteiger partial charge in [0.25, 0.3) is 0 Å². The van der Waals surface area contributed by atoms with Crippen molar-refractivity contribution in [3.05, 3.63) is 24.3 Å². The number of hydrogen-bond acceptors (Lipinski definition) is 3. The van der Waals surface area contributed by atoms with Crippen molar-refractivity contribution in [3.8, 4) is 0 Å². The van der Waals surface area contributed by atoms with Gasteiger partial charge in [-0.15, -0.1) is 0 Å². The van der Waals surface area contributed by atoms with Gasteiger partial charge in [0.1, 0.15) is 6.04 Å². The van der Waals surface area contributed by atoms with E-state index in [1.54, 1.807) is 4.57 Å². The molecule has 1 unspecified atom stereocenters. The Morgan fingerprint density at radius 2 is 2.24 bits per heavy atom. The Kier molecular flexibility index (Phi) is 1.91. The van der Waals surface area contributed by atoms with Crippen LogP contribution in [0.15, 0.2) is 24.3 Å². The predicted molar refractivity (Wildman–Crippen MR) is 59.7 cm³/mol. The summed E-state index contributed by atoms with van der Waals surface area (Å²) in [7, 11) is 0. The minimum absolute atomic E-state index is 0.237. The normalized spacial score (nSPS) is 18.1. The highest BCUT2D eigenvalue weighted by molar-refractivity contribution is 6.01. The SMILES string of the molecule is O=C(O)CC1C(=O)Nc2nc3ccccc3n21. The Hall–Kier alpha value is -2.37. The summed E-state index contributed by atoms with van der Waals surface area (Å²) in [5.41, 5.74) is 1.52. The van der Waals surface area contributed by atoms with Gasteiger partial charge in [-0.25, -0.2) is 4.98 Å². The van der Waals surface area contributed by atoms with Gasteiger partial charge in [0.2, 0.25) is 11.9 Å². The largest absolute Gasteiger partial charge is 0.481 e. The highest BCUT2D eigenvalue weighted by Gasteiger charge is 2.34. The first kappa shape index (κ1) is 9.83. The molecule has 1 aliphatic heterocycles. The molecular weight excluding hydrogens is 222 g/mol. The van der Waals surface area contributed by atoms with Crippen molar-refractivity contribution in [3.63, 3.8) is 0 Å². The summed E-state index contributed by atoms with van der Waals surface area (Å²) in [6, 6.07) is 6.61. The Labute approximate surface area is 95.9 Å². The molecule has 2 heterocycles. The van der Waals surface area contributed by atoms with Crippen molar-refractivity contribution in [1.29, 1.82) is 0 Å². The lowest BCUT2D eigenvalue weighted by Crippen LogP contribution is -2.19. The first-order chi connectivity index (χ1) is 8.16. The maximum Gasteiger partial charge on any atom is 0.306 e. The number of carbonyl (C=O) groups is 2. The van der Waals surface area contributed by atoms with Crippen molar-refractivity contribution in [2.45, 2.75) is 12.5 Å². The first-order valence-corrected chi connectivity index (χ1v) is 5.16. The van der Waals surface area contributed by atoms with Crippen LogP contribution < -0.4 is 5.32 Å². The van der Waals surface area contributed by atoms with Gasteiger partial charge >= 0.3 is 5.97 Å². The van der Waals surface area contributed by atoms with E-state index in [9.17, 15) is 9.59 Å². The monoisotopic (exact) mass is 231 g/mol. The number of fused-ring (bicyclic) bond motifs is 3. The van der Waals surface area contributed by atoms with Crippen molar-refractivity contribution in [2.75, 3.05) is 5.32 Å². The molecule has 0 bridgehead atoms. The molecule has 6 heteroatoms. The number of hydrogen-bond donors (Lipinski definition) is 2. The second kappa shape index (κ2) is 3.31. The van der Waals surface area contributed by atoms with Gasteiger partial charge < -0.3 is 5.11 Å². The molecule has 0 radical (unpaired) electrons. The molecule has 1 aromatic heterocycles. The summed E-state index contributed by atoms with van der Waals surface area (Å²) < 4.78 is 1.64. The van der Waals surface area contributed by atoms with E-state index in [1.165, 1.54) is 0 Å². The molecule has 1 aliphatic rings. The van der Waals surface area contributed by atoms with E-state index in [0.717, 1.165) is 11.0 Å². The van der Waals surface area contributed by atoms with E-state index < -0.39 is 12.0 Å². The second-order valence-electron chi connectivity index (χ2n) is 3.90. The number of nitrogens with zero attached hydrogens (tertiary/aromatic N) is 2. The first-order valence-electron chi connectivity index (χ1n) is 5.16. The van der Waals surface area contributed by atoms with Crippen molar-refractivity contribution < 1.29 is 14.7 Å². The number of aromatic nitrogens is 2. The zero-order chi connectivity index (χ0) is 12.0. The number of rotatable bonds is 2. The molecule has 6 nitrogen and oxygen atoms in total. The van der Waals surface area contributed by atoms with E-state index in [1.807, 2.05) is 24.3 Å². The Morgan fingerprint density at radius 1 is 1.47 bits per heavy atom. The van der Waals surface area contributed by atoms with Gasteiger partial charge in [0.05, 0.1) is 17.5 Å². The number of benzene rings is 1. The predicted octanol–water partition coefficient (Wildman–Crippen LogP) is 1.00. The lowest BCUT2D eigenvalue weighted by Gasteiger charge is -2.08. The van der Waals surface area contributed by atoms with Crippen LogP contribution >= 0.6 is 0 Å². The average molecular weight is 231 g/mol. The van der Waals surface area contributed by atoms with Crippen LogP contribution in [0.4, 0.5) is 5.95 Å². The highest BCUT2D eigenvalue weighted by Crippen LogP contribution is 2.31. The highest BCUT2D eigenvalue weighted by atomic mass is 16.4. The molecule has 17 heavy (non-hydrogen) atoms. The minimum Gasteiger partial charge on any atom is -0.481 e. The fourth-order valence-corrected chi connectivity index (χ4v) is 2.11. The molecule has 2 aromatic rings. The van der Waals surface area contributed by atoms with E-state index >= 15 is 0 Å². The third kappa shape index (κ3) is 1.37. The van der Waals surface area contributed by atoms with Gasteiger partial charge in [-0.05, 0) is 12.1 Å². The number of carbonyl (C=O) groups excluding carboxylic acids is 1. The van der Waals surface area contributed by atoms with Crippen molar-refractivity contribution in [2.24, 2.45) is 0 Å². The molecule has 0 saturated heterocycles. The molecule has 0 aliphatic carbocycles. The summed E-state index contributed by atoms with van der Waals surface area (Å²) in [6.07, 6.45) is -0.237. The van der Waals surface area contributed by atoms with E-state index in [0.29, 0.717) is 5.95 Å². The van der Waals surface area contributed by atoms with Crippen LogP contribution in [0.1, 0.15) is 12.5 Å². The maximum atomic E-state index is 11.6.